The van der Waals surface area contributed by atoms with Crippen LogP contribution < -0.4 is 4.74 Å². The van der Waals surface area contributed by atoms with Gasteiger partial charge < -0.3 is 14.7 Å². The zero-order valence-corrected chi connectivity index (χ0v) is 10.9. The summed E-state index contributed by atoms with van der Waals surface area (Å²) in [6.07, 6.45) is 1.70. The maximum atomic E-state index is 12.1. The summed E-state index contributed by atoms with van der Waals surface area (Å²) in [5, 5.41) is 9.84. The Balaban J connectivity index is 1.52. The molecule has 1 N–H and O–H groups in total. The third-order valence-electron chi connectivity index (χ3n) is 4.28. The highest BCUT2D eigenvalue weighted by Crippen LogP contribution is 2.37. The van der Waals surface area contributed by atoms with Crippen molar-refractivity contribution in [3.8, 4) is 5.75 Å². The molecule has 0 aromatic heterocycles. The first-order chi connectivity index (χ1) is 9.24. The van der Waals surface area contributed by atoms with E-state index in [4.69, 9.17) is 4.74 Å². The summed E-state index contributed by atoms with van der Waals surface area (Å²) in [5.41, 5.74) is 0. The summed E-state index contributed by atoms with van der Waals surface area (Å²) in [5.74, 6) is 1.50. The lowest BCUT2D eigenvalue weighted by molar-refractivity contribution is -0.132. The first-order valence-corrected chi connectivity index (χ1v) is 6.88. The topological polar surface area (TPSA) is 49.8 Å². The normalized spacial score (nSPS) is 29.3. The third kappa shape index (κ3) is 2.59. The third-order valence-corrected chi connectivity index (χ3v) is 4.28. The van der Waals surface area contributed by atoms with Crippen LogP contribution in [0, 0.1) is 11.8 Å². The van der Waals surface area contributed by atoms with Crippen LogP contribution in [0.2, 0.25) is 0 Å². The monoisotopic (exact) mass is 261 g/mol. The van der Waals surface area contributed by atoms with Crippen molar-refractivity contribution in [2.24, 2.45) is 11.8 Å². The van der Waals surface area contributed by atoms with Gasteiger partial charge in [-0.25, -0.2) is 0 Å². The van der Waals surface area contributed by atoms with Crippen molar-refractivity contribution in [1.29, 1.82) is 0 Å². The number of rotatable bonds is 3. The van der Waals surface area contributed by atoms with Crippen molar-refractivity contribution in [3.63, 3.8) is 0 Å². The van der Waals surface area contributed by atoms with Gasteiger partial charge in [0.15, 0.2) is 6.61 Å². The van der Waals surface area contributed by atoms with Crippen LogP contribution in [0.5, 0.6) is 5.75 Å². The number of ether oxygens (including phenoxy) is 1. The molecule has 3 atom stereocenters. The standard InChI is InChI=1S/C15H19NO3/c17-14-7-6-11-8-16(9-13(11)14)15(18)10-19-12-4-2-1-3-5-12/h1-5,11,13-14,17H,6-10H2. The van der Waals surface area contributed by atoms with E-state index in [-0.39, 0.29) is 24.5 Å². The molecule has 1 aliphatic carbocycles. The fourth-order valence-corrected chi connectivity index (χ4v) is 3.19. The number of hydrogen-bond donors (Lipinski definition) is 1. The van der Waals surface area contributed by atoms with Gasteiger partial charge in [-0.3, -0.25) is 4.79 Å². The van der Waals surface area contributed by atoms with Crippen molar-refractivity contribution in [2.45, 2.75) is 18.9 Å². The van der Waals surface area contributed by atoms with Crippen molar-refractivity contribution >= 4 is 5.91 Å². The molecule has 1 heterocycles. The molecule has 102 valence electrons. The van der Waals surface area contributed by atoms with Crippen molar-refractivity contribution in [1.82, 2.24) is 4.90 Å². The molecular formula is C15H19NO3. The van der Waals surface area contributed by atoms with Gasteiger partial charge >= 0.3 is 0 Å². The number of aliphatic hydroxyl groups excluding tert-OH is 1. The Hall–Kier alpha value is -1.55. The highest BCUT2D eigenvalue weighted by atomic mass is 16.5. The molecule has 0 bridgehead atoms. The Labute approximate surface area is 113 Å². The van der Waals surface area contributed by atoms with Crippen LogP contribution in [0.15, 0.2) is 30.3 Å². The van der Waals surface area contributed by atoms with Crippen molar-refractivity contribution in [2.75, 3.05) is 19.7 Å². The number of benzene rings is 1. The van der Waals surface area contributed by atoms with Gasteiger partial charge in [0.1, 0.15) is 5.75 Å². The fourth-order valence-electron chi connectivity index (χ4n) is 3.19. The molecule has 1 saturated carbocycles. The van der Waals surface area contributed by atoms with E-state index >= 15 is 0 Å². The van der Waals surface area contributed by atoms with E-state index in [1.165, 1.54) is 0 Å². The Morgan fingerprint density at radius 3 is 2.79 bits per heavy atom. The number of likely N-dealkylation sites (tertiary alicyclic amines) is 1. The average Bonchev–Trinajstić information content (AvgIpc) is 3.00. The summed E-state index contributed by atoms with van der Waals surface area (Å²) in [6.45, 7) is 1.54. The number of hydrogen-bond acceptors (Lipinski definition) is 3. The van der Waals surface area contributed by atoms with Gasteiger partial charge in [0.2, 0.25) is 0 Å². The predicted octanol–water partition coefficient (Wildman–Crippen LogP) is 1.29. The number of para-hydroxylation sites is 1. The molecule has 3 unspecified atom stereocenters. The highest BCUT2D eigenvalue weighted by molar-refractivity contribution is 5.78. The van der Waals surface area contributed by atoms with Crippen molar-refractivity contribution in [3.05, 3.63) is 30.3 Å². The first kappa shape index (κ1) is 12.5. The molecule has 19 heavy (non-hydrogen) atoms. The number of amides is 1. The van der Waals surface area contributed by atoms with E-state index in [0.717, 1.165) is 25.1 Å². The Morgan fingerprint density at radius 2 is 2.05 bits per heavy atom. The second-order valence-corrected chi connectivity index (χ2v) is 5.47. The van der Waals surface area contributed by atoms with Gasteiger partial charge in [-0.05, 0) is 30.9 Å². The lowest BCUT2D eigenvalue weighted by Crippen LogP contribution is -2.34. The molecule has 2 fully saturated rings. The largest absolute Gasteiger partial charge is 0.484 e. The molecule has 3 rings (SSSR count). The van der Waals surface area contributed by atoms with E-state index in [2.05, 4.69) is 0 Å². The Kier molecular flexibility index (Phi) is 3.42. The van der Waals surface area contributed by atoms with Gasteiger partial charge in [0.25, 0.3) is 5.91 Å². The van der Waals surface area contributed by atoms with Gasteiger partial charge in [0, 0.05) is 19.0 Å². The van der Waals surface area contributed by atoms with Crippen LogP contribution in [0.3, 0.4) is 0 Å². The van der Waals surface area contributed by atoms with E-state index in [1.807, 2.05) is 35.2 Å². The van der Waals surface area contributed by atoms with Crippen LogP contribution in [0.1, 0.15) is 12.8 Å². The van der Waals surface area contributed by atoms with Gasteiger partial charge in [-0.1, -0.05) is 18.2 Å². The summed E-state index contributed by atoms with van der Waals surface area (Å²) >= 11 is 0. The maximum Gasteiger partial charge on any atom is 0.260 e. The number of fused-ring (bicyclic) bond motifs is 1. The van der Waals surface area contributed by atoms with Crippen LogP contribution >= 0.6 is 0 Å². The lowest BCUT2D eigenvalue weighted by Gasteiger charge is -2.18. The molecule has 1 aromatic rings. The minimum atomic E-state index is -0.224. The van der Waals surface area contributed by atoms with Crippen molar-refractivity contribution < 1.29 is 14.6 Å². The smallest absolute Gasteiger partial charge is 0.260 e. The van der Waals surface area contributed by atoms with Crippen LogP contribution in [-0.2, 0) is 4.79 Å². The molecule has 1 aliphatic heterocycles. The van der Waals surface area contributed by atoms with Gasteiger partial charge in [-0.15, -0.1) is 0 Å². The summed E-state index contributed by atoms with van der Waals surface area (Å²) in [4.78, 5) is 13.9. The fraction of sp³-hybridized carbons (Fsp3) is 0.533. The summed E-state index contributed by atoms with van der Waals surface area (Å²) < 4.78 is 5.48. The molecule has 1 aromatic carbocycles. The zero-order chi connectivity index (χ0) is 13.2. The zero-order valence-electron chi connectivity index (χ0n) is 10.9. The van der Waals surface area contributed by atoms with Gasteiger partial charge in [-0.2, -0.15) is 0 Å². The molecule has 1 amide bonds. The Morgan fingerprint density at radius 1 is 1.26 bits per heavy atom. The number of carbonyl (C=O) groups is 1. The van der Waals surface area contributed by atoms with E-state index in [0.29, 0.717) is 12.5 Å². The minimum Gasteiger partial charge on any atom is -0.484 e. The first-order valence-electron chi connectivity index (χ1n) is 6.88. The second kappa shape index (κ2) is 5.21. The highest BCUT2D eigenvalue weighted by Gasteiger charge is 2.43. The SMILES string of the molecule is O=C(COc1ccccc1)N1CC2CCC(O)C2C1. The van der Waals surface area contributed by atoms with Crippen LogP contribution in [0.4, 0.5) is 0 Å². The van der Waals surface area contributed by atoms with E-state index in [9.17, 15) is 9.90 Å². The molecule has 4 heteroatoms. The number of aliphatic hydroxyl groups is 1. The average molecular weight is 261 g/mol. The van der Waals surface area contributed by atoms with E-state index < -0.39 is 0 Å². The minimum absolute atomic E-state index is 0.0189. The quantitative estimate of drug-likeness (QED) is 0.892. The predicted molar refractivity (Wildman–Crippen MR) is 70.7 cm³/mol. The van der Waals surface area contributed by atoms with Gasteiger partial charge in [0.05, 0.1) is 6.10 Å². The molecule has 2 aliphatic rings. The maximum absolute atomic E-state index is 12.1. The van der Waals surface area contributed by atoms with Crippen LogP contribution in [-0.4, -0.2) is 41.7 Å². The molecule has 1 saturated heterocycles. The van der Waals surface area contributed by atoms with E-state index in [1.54, 1.807) is 0 Å². The van der Waals surface area contributed by atoms with Crippen LogP contribution in [0.25, 0.3) is 0 Å². The second-order valence-electron chi connectivity index (χ2n) is 5.47. The molecule has 0 radical (unpaired) electrons. The molecule has 4 nitrogen and oxygen atoms in total. The number of carbonyl (C=O) groups excluding carboxylic acids is 1. The lowest BCUT2D eigenvalue weighted by atomic mass is 10.00. The summed E-state index contributed by atoms with van der Waals surface area (Å²) in [6, 6.07) is 9.37. The molecular weight excluding hydrogens is 242 g/mol. The molecule has 0 spiro atoms. The summed E-state index contributed by atoms with van der Waals surface area (Å²) in [7, 11) is 0. The Bertz CT molecular complexity index is 448. The number of nitrogens with zero attached hydrogens (tertiary/aromatic N) is 1.